The van der Waals surface area contributed by atoms with Gasteiger partial charge in [0, 0.05) is 17.4 Å². The molecule has 1 aromatic heterocycles. The van der Waals surface area contributed by atoms with Gasteiger partial charge in [0.15, 0.2) is 11.3 Å². The van der Waals surface area contributed by atoms with Crippen LogP contribution < -0.4 is 16.0 Å². The number of hydrogen-bond donors (Lipinski definition) is 5. The molecule has 30 heavy (non-hydrogen) atoms. The monoisotopic (exact) mass is 453 g/mol. The molecule has 1 aliphatic heterocycles. The minimum Gasteiger partial charge on any atom is -0.463 e. The number of thiol groups is 1. The van der Waals surface area contributed by atoms with Crippen LogP contribution in [0.2, 0.25) is 0 Å². The average molecular weight is 454 g/mol. The molecule has 9 heteroatoms. The lowest BCUT2D eigenvalue weighted by Crippen LogP contribution is -2.45. The Balaban J connectivity index is 2.00. The van der Waals surface area contributed by atoms with Gasteiger partial charge in [0.2, 0.25) is 5.91 Å². The molecule has 1 aromatic rings. The second kappa shape index (κ2) is 13.1. The molecule has 0 aliphatic carbocycles. The molecule has 1 amide bonds. The first-order chi connectivity index (χ1) is 14.5. The summed E-state index contributed by atoms with van der Waals surface area (Å²) in [6.07, 6.45) is 4.08. The van der Waals surface area contributed by atoms with E-state index in [1.807, 2.05) is 12.1 Å². The summed E-state index contributed by atoms with van der Waals surface area (Å²) in [4.78, 5) is 15.4. The molecule has 0 aromatic carbocycles. The standard InChI is InChI=1S/C21H35N5O2S2/c1-4-11-26(6-3)14-18(27)24-21-25-19(17-8-7-12-28-17)20(30-21)16(22)13-15(29)9-10-23-5-2/h7-8,12,15,21-23,25,29H,4-6,9-11,13-14H2,1-3H3,(H,24,27). The molecule has 0 saturated carbocycles. The first-order valence-corrected chi connectivity index (χ1v) is 12.1. The van der Waals surface area contributed by atoms with Crippen molar-refractivity contribution in [1.82, 2.24) is 20.9 Å². The van der Waals surface area contributed by atoms with Crippen molar-refractivity contribution in [3.63, 3.8) is 0 Å². The number of carbonyl (C=O) groups excluding carboxylic acids is 1. The predicted octanol–water partition coefficient (Wildman–Crippen LogP) is 3.12. The highest BCUT2D eigenvalue weighted by Crippen LogP contribution is 2.36. The number of hydrogen-bond acceptors (Lipinski definition) is 8. The van der Waals surface area contributed by atoms with Gasteiger partial charge in [0.05, 0.1) is 23.4 Å². The Morgan fingerprint density at radius 1 is 1.43 bits per heavy atom. The van der Waals surface area contributed by atoms with E-state index in [1.165, 1.54) is 11.8 Å². The molecule has 1 aliphatic rings. The van der Waals surface area contributed by atoms with Crippen molar-refractivity contribution in [2.24, 2.45) is 0 Å². The predicted molar refractivity (Wildman–Crippen MR) is 129 cm³/mol. The highest BCUT2D eigenvalue weighted by molar-refractivity contribution is 8.05. The third kappa shape index (κ3) is 7.68. The molecule has 0 fully saturated rings. The molecular formula is C21H35N5O2S2. The summed E-state index contributed by atoms with van der Waals surface area (Å²) in [5, 5.41) is 18.4. The maximum Gasteiger partial charge on any atom is 0.236 e. The molecular weight excluding hydrogens is 418 g/mol. The molecule has 4 N–H and O–H groups in total. The van der Waals surface area contributed by atoms with Gasteiger partial charge < -0.3 is 25.8 Å². The van der Waals surface area contributed by atoms with Gasteiger partial charge in [-0.15, -0.1) is 0 Å². The van der Waals surface area contributed by atoms with E-state index in [0.29, 0.717) is 24.4 Å². The zero-order chi connectivity index (χ0) is 21.9. The van der Waals surface area contributed by atoms with Gasteiger partial charge in [-0.2, -0.15) is 12.6 Å². The Hall–Kier alpha value is -1.42. The molecule has 2 atom stereocenters. The fraction of sp³-hybridized carbons (Fsp3) is 0.619. The van der Waals surface area contributed by atoms with Crippen LogP contribution in [0, 0.1) is 5.41 Å². The summed E-state index contributed by atoms with van der Waals surface area (Å²) in [7, 11) is 0. The van der Waals surface area contributed by atoms with Crippen LogP contribution in [-0.2, 0) is 4.79 Å². The van der Waals surface area contributed by atoms with Gasteiger partial charge >= 0.3 is 0 Å². The van der Waals surface area contributed by atoms with Gasteiger partial charge in [-0.3, -0.25) is 9.69 Å². The number of furan rings is 1. The molecule has 7 nitrogen and oxygen atoms in total. The van der Waals surface area contributed by atoms with Gasteiger partial charge in [-0.1, -0.05) is 32.5 Å². The lowest BCUT2D eigenvalue weighted by Gasteiger charge is -2.21. The van der Waals surface area contributed by atoms with Crippen LogP contribution in [0.4, 0.5) is 0 Å². The zero-order valence-electron chi connectivity index (χ0n) is 18.2. The van der Waals surface area contributed by atoms with E-state index in [2.05, 4.69) is 54.3 Å². The summed E-state index contributed by atoms with van der Waals surface area (Å²) in [5.74, 6) is 0.642. The van der Waals surface area contributed by atoms with Crippen LogP contribution in [0.5, 0.6) is 0 Å². The van der Waals surface area contributed by atoms with Crippen molar-refractivity contribution >= 4 is 41.7 Å². The topological polar surface area (TPSA) is 93.4 Å². The maximum atomic E-state index is 12.5. The van der Waals surface area contributed by atoms with Crippen LogP contribution in [-0.4, -0.2) is 60.0 Å². The summed E-state index contributed by atoms with van der Waals surface area (Å²) in [6.45, 7) is 10.2. The summed E-state index contributed by atoms with van der Waals surface area (Å²) in [5.41, 5.74) is 0.940. The number of allylic oxidation sites excluding steroid dienone is 1. The van der Waals surface area contributed by atoms with Crippen LogP contribution in [0.25, 0.3) is 5.70 Å². The lowest BCUT2D eigenvalue weighted by atomic mass is 10.1. The van der Waals surface area contributed by atoms with E-state index in [4.69, 9.17) is 9.83 Å². The Morgan fingerprint density at radius 2 is 2.23 bits per heavy atom. The molecule has 2 unspecified atom stereocenters. The second-order valence-electron chi connectivity index (χ2n) is 7.24. The lowest BCUT2D eigenvalue weighted by molar-refractivity contribution is -0.122. The molecule has 2 rings (SSSR count). The smallest absolute Gasteiger partial charge is 0.236 e. The highest BCUT2D eigenvalue weighted by Gasteiger charge is 2.30. The largest absolute Gasteiger partial charge is 0.463 e. The van der Waals surface area contributed by atoms with E-state index in [0.717, 1.165) is 49.6 Å². The molecule has 0 bridgehead atoms. The number of nitrogens with zero attached hydrogens (tertiary/aromatic N) is 1. The SMILES string of the molecule is CCCN(CC)CC(=O)NC1NC(c2ccco2)=C(C(=N)CC(S)CCNCC)S1. The molecule has 168 valence electrons. The van der Waals surface area contributed by atoms with E-state index in [1.54, 1.807) is 6.26 Å². The first kappa shape index (κ1) is 24.8. The molecule has 0 spiro atoms. The molecule has 0 radical (unpaired) electrons. The first-order valence-electron chi connectivity index (χ1n) is 10.7. The Kier molecular flexibility index (Phi) is 10.8. The number of likely N-dealkylation sites (N-methyl/N-ethyl adjacent to an activating group) is 1. The number of rotatable bonds is 14. The summed E-state index contributed by atoms with van der Waals surface area (Å²) >= 11 is 6.11. The van der Waals surface area contributed by atoms with Crippen LogP contribution in [0.3, 0.4) is 0 Å². The van der Waals surface area contributed by atoms with E-state index in [-0.39, 0.29) is 16.7 Å². The van der Waals surface area contributed by atoms with Gasteiger partial charge in [-0.25, -0.2) is 0 Å². The third-order valence-corrected chi connectivity index (χ3v) is 6.37. The number of carbonyl (C=O) groups is 1. The van der Waals surface area contributed by atoms with E-state index >= 15 is 0 Å². The minimum atomic E-state index is -0.326. The average Bonchev–Trinajstić information content (AvgIpc) is 3.37. The van der Waals surface area contributed by atoms with Crippen LogP contribution >= 0.6 is 24.4 Å². The van der Waals surface area contributed by atoms with Crippen molar-refractivity contribution in [3.05, 3.63) is 29.1 Å². The minimum absolute atomic E-state index is 0.0282. The van der Waals surface area contributed by atoms with Gasteiger partial charge in [0.25, 0.3) is 0 Å². The number of nitrogens with one attached hydrogen (secondary N) is 4. The van der Waals surface area contributed by atoms with Crippen molar-refractivity contribution < 1.29 is 9.21 Å². The van der Waals surface area contributed by atoms with E-state index < -0.39 is 0 Å². The Bertz CT molecular complexity index is 708. The summed E-state index contributed by atoms with van der Waals surface area (Å²) in [6, 6.07) is 3.69. The van der Waals surface area contributed by atoms with Crippen molar-refractivity contribution in [2.75, 3.05) is 32.7 Å². The zero-order valence-corrected chi connectivity index (χ0v) is 19.9. The van der Waals surface area contributed by atoms with Crippen molar-refractivity contribution in [3.8, 4) is 0 Å². The second-order valence-corrected chi connectivity index (χ2v) is 9.08. The number of thioether (sulfide) groups is 1. The maximum absolute atomic E-state index is 12.5. The third-order valence-electron chi connectivity index (χ3n) is 4.77. The fourth-order valence-corrected chi connectivity index (χ4v) is 4.65. The van der Waals surface area contributed by atoms with Crippen molar-refractivity contribution in [1.29, 1.82) is 5.41 Å². The normalized spacial score (nSPS) is 17.3. The van der Waals surface area contributed by atoms with Gasteiger partial charge in [-0.05, 0) is 51.2 Å². The van der Waals surface area contributed by atoms with Crippen LogP contribution in [0.15, 0.2) is 27.7 Å². The van der Waals surface area contributed by atoms with Gasteiger partial charge in [0.1, 0.15) is 0 Å². The Morgan fingerprint density at radius 3 is 2.87 bits per heavy atom. The fourth-order valence-electron chi connectivity index (χ4n) is 3.23. The molecule has 2 heterocycles. The highest BCUT2D eigenvalue weighted by atomic mass is 32.2. The Labute approximate surface area is 189 Å². The van der Waals surface area contributed by atoms with Crippen LogP contribution in [0.1, 0.15) is 45.8 Å². The molecule has 0 saturated heterocycles. The summed E-state index contributed by atoms with van der Waals surface area (Å²) < 4.78 is 5.57. The number of amides is 1. The van der Waals surface area contributed by atoms with E-state index in [9.17, 15) is 4.79 Å². The van der Waals surface area contributed by atoms with Crippen molar-refractivity contribution in [2.45, 2.75) is 50.8 Å². The quantitative estimate of drug-likeness (QED) is 0.169.